The van der Waals surface area contributed by atoms with Gasteiger partial charge in [-0.2, -0.15) is 4.98 Å². The van der Waals surface area contributed by atoms with Gasteiger partial charge < -0.3 is 25.2 Å². The van der Waals surface area contributed by atoms with Gasteiger partial charge >= 0.3 is 6.09 Å². The molecule has 1 atom stereocenters. The van der Waals surface area contributed by atoms with Gasteiger partial charge in [-0.15, -0.1) is 0 Å². The highest BCUT2D eigenvalue weighted by atomic mass is 35.5. The van der Waals surface area contributed by atoms with Crippen LogP contribution in [0.15, 0.2) is 35.4 Å². The standard InChI is InChI=1S/C28H41ClN6O4S/c1-19(2)40(37,38)24-9-7-6-8-23(24)32-25-22(29)16-30-26(33-25)31-21-12-13-34(18-21)17-20-10-14-35(15-11-20)27(36)39-28(3,4)5/h6-9,16,19-21H,10-15,17-18H2,1-5H3,(H2,30,31,32,33)/t21-/m1/s1. The Bertz CT molecular complexity index is 1290. The van der Waals surface area contributed by atoms with E-state index in [9.17, 15) is 13.2 Å². The van der Waals surface area contributed by atoms with Gasteiger partial charge in [0.05, 0.1) is 22.0 Å². The third-order valence-electron chi connectivity index (χ3n) is 7.20. The van der Waals surface area contributed by atoms with Gasteiger partial charge in [0.2, 0.25) is 5.95 Å². The number of nitrogens with one attached hydrogen (secondary N) is 2. The summed E-state index contributed by atoms with van der Waals surface area (Å²) in [4.78, 5) is 25.7. The number of rotatable bonds is 8. The van der Waals surface area contributed by atoms with E-state index in [2.05, 4.69) is 25.5 Å². The lowest BCUT2D eigenvalue weighted by Crippen LogP contribution is -2.43. The van der Waals surface area contributed by atoms with Crippen LogP contribution in [0.2, 0.25) is 5.02 Å². The van der Waals surface area contributed by atoms with Gasteiger partial charge in [-0.1, -0.05) is 23.7 Å². The molecule has 1 aromatic heterocycles. The first-order valence-corrected chi connectivity index (χ1v) is 15.8. The van der Waals surface area contributed by atoms with Crippen molar-refractivity contribution in [1.82, 2.24) is 19.8 Å². The van der Waals surface area contributed by atoms with E-state index in [1.54, 1.807) is 38.1 Å². The minimum atomic E-state index is -3.50. The van der Waals surface area contributed by atoms with Crippen molar-refractivity contribution in [3.8, 4) is 0 Å². The molecule has 2 saturated heterocycles. The number of nitrogens with zero attached hydrogens (tertiary/aromatic N) is 4. The maximum absolute atomic E-state index is 12.8. The van der Waals surface area contributed by atoms with Gasteiger partial charge in [0.15, 0.2) is 15.7 Å². The molecule has 2 aromatic rings. The maximum Gasteiger partial charge on any atom is 0.410 e. The number of halogens is 1. The second-order valence-electron chi connectivity index (χ2n) is 11.9. The summed E-state index contributed by atoms with van der Waals surface area (Å²) in [5, 5.41) is 6.26. The van der Waals surface area contributed by atoms with Crippen LogP contribution < -0.4 is 10.6 Å². The molecule has 2 fully saturated rings. The fourth-order valence-electron chi connectivity index (χ4n) is 5.01. The molecular weight excluding hydrogens is 552 g/mol. The molecule has 1 amide bonds. The van der Waals surface area contributed by atoms with E-state index in [0.717, 1.165) is 52.0 Å². The van der Waals surface area contributed by atoms with Crippen molar-refractivity contribution >= 4 is 45.0 Å². The number of anilines is 3. The first kappa shape index (κ1) is 30.3. The molecule has 10 nitrogen and oxygen atoms in total. The Balaban J connectivity index is 1.31. The zero-order chi connectivity index (χ0) is 29.1. The summed E-state index contributed by atoms with van der Waals surface area (Å²) >= 11 is 6.38. The molecular formula is C28H41ClN6O4S. The summed E-state index contributed by atoms with van der Waals surface area (Å²) in [5.41, 5.74) is -0.0535. The van der Waals surface area contributed by atoms with Crippen molar-refractivity contribution in [3.05, 3.63) is 35.5 Å². The Morgan fingerprint density at radius 2 is 1.85 bits per heavy atom. The van der Waals surface area contributed by atoms with Crippen molar-refractivity contribution in [3.63, 3.8) is 0 Å². The molecule has 40 heavy (non-hydrogen) atoms. The summed E-state index contributed by atoms with van der Waals surface area (Å²) < 4.78 is 31.2. The van der Waals surface area contributed by atoms with Crippen molar-refractivity contribution in [2.75, 3.05) is 43.4 Å². The molecule has 0 saturated carbocycles. The van der Waals surface area contributed by atoms with Crippen LogP contribution in [0.3, 0.4) is 0 Å². The van der Waals surface area contributed by atoms with Crippen LogP contribution in [0.4, 0.5) is 22.2 Å². The zero-order valence-corrected chi connectivity index (χ0v) is 25.6. The molecule has 0 radical (unpaired) electrons. The van der Waals surface area contributed by atoms with Crippen LogP contribution >= 0.6 is 11.6 Å². The predicted octanol–water partition coefficient (Wildman–Crippen LogP) is 5.19. The third kappa shape index (κ3) is 7.76. The number of aromatic nitrogens is 2. The predicted molar refractivity (Wildman–Crippen MR) is 158 cm³/mol. The van der Waals surface area contributed by atoms with Gasteiger partial charge in [-0.25, -0.2) is 18.2 Å². The molecule has 3 heterocycles. The zero-order valence-electron chi connectivity index (χ0n) is 24.0. The SMILES string of the molecule is CC(C)S(=O)(=O)c1ccccc1Nc1nc(N[C@@H]2CCN(CC3CCN(C(=O)OC(C)(C)C)CC3)C2)ncc1Cl. The number of ether oxygens (including phenoxy) is 1. The Kier molecular flexibility index (Phi) is 9.47. The lowest BCUT2D eigenvalue weighted by molar-refractivity contribution is 0.0172. The highest BCUT2D eigenvalue weighted by molar-refractivity contribution is 7.92. The topological polar surface area (TPSA) is 117 Å². The Morgan fingerprint density at radius 1 is 1.15 bits per heavy atom. The molecule has 4 rings (SSSR count). The van der Waals surface area contributed by atoms with Gasteiger partial charge in [0.1, 0.15) is 10.6 Å². The van der Waals surface area contributed by atoms with Gasteiger partial charge in [0, 0.05) is 38.8 Å². The van der Waals surface area contributed by atoms with Crippen molar-refractivity contribution in [1.29, 1.82) is 0 Å². The van der Waals surface area contributed by atoms with Crippen LogP contribution in [0.5, 0.6) is 0 Å². The largest absolute Gasteiger partial charge is 0.444 e. The summed E-state index contributed by atoms with van der Waals surface area (Å²) in [7, 11) is -3.50. The number of likely N-dealkylation sites (tertiary alicyclic amines) is 2. The molecule has 0 bridgehead atoms. The molecule has 12 heteroatoms. The third-order valence-corrected chi connectivity index (χ3v) is 9.69. The molecule has 2 N–H and O–H groups in total. The van der Waals surface area contributed by atoms with E-state index in [1.807, 2.05) is 25.7 Å². The Labute approximate surface area is 242 Å². The summed E-state index contributed by atoms with van der Waals surface area (Å²) in [6, 6.07) is 6.94. The average Bonchev–Trinajstić information content (AvgIpc) is 3.32. The number of carbonyl (C=O) groups is 1. The Hall–Kier alpha value is -2.63. The van der Waals surface area contributed by atoms with E-state index in [1.165, 1.54) is 6.20 Å². The molecule has 2 aliphatic heterocycles. The number of para-hydroxylation sites is 1. The van der Waals surface area contributed by atoms with E-state index in [-0.39, 0.29) is 17.0 Å². The van der Waals surface area contributed by atoms with E-state index < -0.39 is 20.7 Å². The number of piperidine rings is 1. The van der Waals surface area contributed by atoms with Gasteiger partial charge in [-0.05, 0) is 71.9 Å². The molecule has 0 unspecified atom stereocenters. The van der Waals surface area contributed by atoms with Crippen LogP contribution in [-0.4, -0.2) is 83.9 Å². The van der Waals surface area contributed by atoms with Crippen LogP contribution in [0.1, 0.15) is 53.9 Å². The quantitative estimate of drug-likeness (QED) is 0.427. The number of benzene rings is 1. The number of hydrogen-bond acceptors (Lipinski definition) is 9. The minimum absolute atomic E-state index is 0.185. The minimum Gasteiger partial charge on any atom is -0.444 e. The number of carbonyl (C=O) groups excluding carboxylic acids is 1. The highest BCUT2D eigenvalue weighted by Crippen LogP contribution is 2.30. The maximum atomic E-state index is 12.8. The smallest absolute Gasteiger partial charge is 0.410 e. The van der Waals surface area contributed by atoms with Crippen LogP contribution in [0.25, 0.3) is 0 Å². The van der Waals surface area contributed by atoms with Gasteiger partial charge in [0.25, 0.3) is 0 Å². The van der Waals surface area contributed by atoms with Gasteiger partial charge in [-0.3, -0.25) is 0 Å². The van der Waals surface area contributed by atoms with E-state index >= 15 is 0 Å². The first-order chi connectivity index (χ1) is 18.8. The molecule has 0 spiro atoms. The molecule has 2 aliphatic rings. The van der Waals surface area contributed by atoms with Crippen LogP contribution in [-0.2, 0) is 14.6 Å². The molecule has 220 valence electrons. The van der Waals surface area contributed by atoms with Crippen molar-refractivity contribution < 1.29 is 17.9 Å². The van der Waals surface area contributed by atoms with Crippen molar-refractivity contribution in [2.45, 2.75) is 75.7 Å². The number of hydrogen-bond donors (Lipinski definition) is 2. The lowest BCUT2D eigenvalue weighted by atomic mass is 9.96. The first-order valence-electron chi connectivity index (χ1n) is 13.9. The number of amides is 1. The fourth-order valence-corrected chi connectivity index (χ4v) is 6.35. The lowest BCUT2D eigenvalue weighted by Gasteiger charge is -2.34. The summed E-state index contributed by atoms with van der Waals surface area (Å²) in [6.07, 6.45) is 4.19. The monoisotopic (exact) mass is 592 g/mol. The number of sulfone groups is 1. The highest BCUT2D eigenvalue weighted by Gasteiger charge is 2.30. The Morgan fingerprint density at radius 3 is 2.52 bits per heavy atom. The normalized spacial score (nSPS) is 19.2. The summed E-state index contributed by atoms with van der Waals surface area (Å²) in [6.45, 7) is 13.3. The second-order valence-corrected chi connectivity index (χ2v) is 14.8. The second kappa shape index (κ2) is 12.5. The molecule has 1 aromatic carbocycles. The van der Waals surface area contributed by atoms with Crippen molar-refractivity contribution in [2.24, 2.45) is 5.92 Å². The average molecular weight is 593 g/mol. The van der Waals surface area contributed by atoms with E-state index in [0.29, 0.717) is 28.4 Å². The van der Waals surface area contributed by atoms with E-state index in [4.69, 9.17) is 16.3 Å². The summed E-state index contributed by atoms with van der Waals surface area (Å²) in [5.74, 6) is 1.33. The fraction of sp³-hybridized carbons (Fsp3) is 0.607. The molecule has 0 aliphatic carbocycles. The van der Waals surface area contributed by atoms with Crippen LogP contribution in [0, 0.1) is 5.92 Å².